The van der Waals surface area contributed by atoms with Gasteiger partial charge in [-0.3, -0.25) is 0 Å². The smallest absolute Gasteiger partial charge is 0.244 e. The minimum atomic E-state index is -0.674. The van der Waals surface area contributed by atoms with Crippen molar-refractivity contribution in [2.45, 2.75) is 27.3 Å². The van der Waals surface area contributed by atoms with Crippen molar-refractivity contribution in [1.29, 1.82) is 5.26 Å². The number of alkyl halides is 1. The Morgan fingerprint density at radius 2 is 1.97 bits per heavy atom. The monoisotopic (exact) mass is 457 g/mol. The van der Waals surface area contributed by atoms with Gasteiger partial charge < -0.3 is 14.6 Å². The summed E-state index contributed by atoms with van der Waals surface area (Å²) in [4.78, 5) is 8.46. The predicted octanol–water partition coefficient (Wildman–Crippen LogP) is 4.27. The topological polar surface area (TPSA) is 93.1 Å². The molecule has 33 heavy (non-hydrogen) atoms. The fourth-order valence-corrected chi connectivity index (χ4v) is 3.66. The summed E-state index contributed by atoms with van der Waals surface area (Å²) >= 11 is 0. The van der Waals surface area contributed by atoms with E-state index in [0.29, 0.717) is 11.3 Å². The summed E-state index contributed by atoms with van der Waals surface area (Å²) < 4.78 is 51.3. The summed E-state index contributed by atoms with van der Waals surface area (Å²) in [5.41, 5.74) is 0.230. The van der Waals surface area contributed by atoms with Crippen molar-refractivity contribution in [1.82, 2.24) is 24.1 Å². The van der Waals surface area contributed by atoms with Gasteiger partial charge in [-0.25, -0.2) is 22.7 Å². The number of nitrogens with zero attached hydrogens (tertiary/aromatic N) is 6. The standard InChI is InChI=1S/C22H22F3N7O/c1-12-28-18-14(24)7-13(8-16(18)31(12)6-5-23)17-15(25)9-32-19(17)20(33-4)29-21(30-32)27-11-22(2,3)10-26/h7-9H,5-6,11H2,1-4H3,(H,27,30). The van der Waals surface area contributed by atoms with Crippen molar-refractivity contribution in [2.75, 3.05) is 25.6 Å². The van der Waals surface area contributed by atoms with Crippen LogP contribution >= 0.6 is 0 Å². The lowest BCUT2D eigenvalue weighted by molar-refractivity contribution is 0.399. The Kier molecular flexibility index (Phi) is 5.61. The highest BCUT2D eigenvalue weighted by Gasteiger charge is 2.23. The van der Waals surface area contributed by atoms with Gasteiger partial charge in [-0.2, -0.15) is 10.2 Å². The number of hydrogen-bond donors (Lipinski definition) is 1. The van der Waals surface area contributed by atoms with Gasteiger partial charge in [-0.05, 0) is 38.5 Å². The van der Waals surface area contributed by atoms with Crippen LogP contribution in [0.4, 0.5) is 19.1 Å². The Labute approximate surface area is 187 Å². The number of methoxy groups -OCH3 is 1. The molecule has 3 heterocycles. The van der Waals surface area contributed by atoms with Crippen LogP contribution < -0.4 is 10.1 Å². The first-order valence-corrected chi connectivity index (χ1v) is 10.2. The molecule has 1 N–H and O–H groups in total. The van der Waals surface area contributed by atoms with Crippen LogP contribution in [0.2, 0.25) is 0 Å². The highest BCUT2D eigenvalue weighted by Crippen LogP contribution is 2.36. The second kappa shape index (κ2) is 8.27. The first kappa shape index (κ1) is 22.4. The van der Waals surface area contributed by atoms with E-state index in [-0.39, 0.29) is 47.1 Å². The average molecular weight is 457 g/mol. The van der Waals surface area contributed by atoms with Gasteiger partial charge in [0.25, 0.3) is 0 Å². The lowest BCUT2D eigenvalue weighted by Gasteiger charge is -2.16. The summed E-state index contributed by atoms with van der Waals surface area (Å²) in [6.45, 7) is 4.77. The van der Waals surface area contributed by atoms with E-state index < -0.39 is 23.7 Å². The van der Waals surface area contributed by atoms with Crippen molar-refractivity contribution < 1.29 is 17.9 Å². The number of hydrogen-bond acceptors (Lipinski definition) is 6. The molecular weight excluding hydrogens is 435 g/mol. The molecule has 0 unspecified atom stereocenters. The van der Waals surface area contributed by atoms with Crippen LogP contribution in [0.1, 0.15) is 19.7 Å². The average Bonchev–Trinajstić information content (AvgIpc) is 3.28. The van der Waals surface area contributed by atoms with Crippen molar-refractivity contribution in [2.24, 2.45) is 5.41 Å². The molecule has 0 saturated heterocycles. The number of imidazole rings is 1. The van der Waals surface area contributed by atoms with Crippen LogP contribution in [-0.2, 0) is 6.54 Å². The Hall–Kier alpha value is -3.81. The SMILES string of the molecule is COc1nc(NCC(C)(C)C#N)nn2cc(F)c(-c3cc(F)c4nc(C)n(CCF)c4c3)c12. The van der Waals surface area contributed by atoms with Gasteiger partial charge in [0.1, 0.15) is 23.5 Å². The van der Waals surface area contributed by atoms with Crippen molar-refractivity contribution in [3.8, 4) is 23.1 Å². The van der Waals surface area contributed by atoms with Gasteiger partial charge in [0.2, 0.25) is 11.8 Å². The molecule has 172 valence electrons. The molecule has 3 aromatic heterocycles. The number of anilines is 1. The summed E-state index contributed by atoms with van der Waals surface area (Å²) in [6.07, 6.45) is 1.14. The quantitative estimate of drug-likeness (QED) is 0.446. The Bertz CT molecular complexity index is 1400. The third-order valence-electron chi connectivity index (χ3n) is 5.33. The third kappa shape index (κ3) is 3.92. The number of rotatable bonds is 7. The highest BCUT2D eigenvalue weighted by atomic mass is 19.1. The molecule has 0 aliphatic heterocycles. The number of aromatic nitrogens is 5. The maximum absolute atomic E-state index is 15.1. The molecule has 0 aliphatic rings. The van der Waals surface area contributed by atoms with E-state index in [4.69, 9.17) is 4.74 Å². The number of halogens is 3. The number of benzene rings is 1. The van der Waals surface area contributed by atoms with Gasteiger partial charge in [-0.15, -0.1) is 5.10 Å². The number of fused-ring (bicyclic) bond motifs is 2. The normalized spacial score (nSPS) is 11.8. The largest absolute Gasteiger partial charge is 0.479 e. The van der Waals surface area contributed by atoms with Crippen molar-refractivity contribution in [3.63, 3.8) is 0 Å². The first-order chi connectivity index (χ1) is 15.7. The molecule has 0 amide bonds. The first-order valence-electron chi connectivity index (χ1n) is 10.2. The van der Waals surface area contributed by atoms with E-state index in [1.54, 1.807) is 31.4 Å². The van der Waals surface area contributed by atoms with E-state index in [1.807, 2.05) is 0 Å². The molecule has 0 spiro atoms. The molecule has 0 bridgehead atoms. The lowest BCUT2D eigenvalue weighted by Crippen LogP contribution is -2.22. The second-order valence-electron chi connectivity index (χ2n) is 8.26. The zero-order chi connectivity index (χ0) is 23.9. The number of nitrogens with one attached hydrogen (secondary N) is 1. The van der Waals surface area contributed by atoms with E-state index in [0.717, 1.165) is 6.20 Å². The molecule has 4 aromatic rings. The molecule has 0 aliphatic carbocycles. The Balaban J connectivity index is 1.88. The molecule has 11 heteroatoms. The minimum Gasteiger partial charge on any atom is -0.479 e. The van der Waals surface area contributed by atoms with Gasteiger partial charge in [-0.1, -0.05) is 0 Å². The molecule has 0 radical (unpaired) electrons. The fourth-order valence-electron chi connectivity index (χ4n) is 3.66. The van der Waals surface area contributed by atoms with Gasteiger partial charge >= 0.3 is 0 Å². The van der Waals surface area contributed by atoms with E-state index in [1.165, 1.54) is 17.7 Å². The maximum Gasteiger partial charge on any atom is 0.244 e. The minimum absolute atomic E-state index is 0.00469. The van der Waals surface area contributed by atoms with Gasteiger partial charge in [0, 0.05) is 6.54 Å². The molecule has 0 fully saturated rings. The maximum atomic E-state index is 15.1. The molecule has 1 aromatic carbocycles. The van der Waals surface area contributed by atoms with Crippen molar-refractivity contribution >= 4 is 22.5 Å². The molecular formula is C22H22F3N7O. The van der Waals surface area contributed by atoms with Crippen LogP contribution in [0, 0.1) is 35.3 Å². The van der Waals surface area contributed by atoms with E-state index in [9.17, 15) is 14.0 Å². The zero-order valence-corrected chi connectivity index (χ0v) is 18.6. The van der Waals surface area contributed by atoms with Gasteiger partial charge in [0.05, 0.1) is 42.4 Å². The molecule has 0 saturated carbocycles. The Morgan fingerprint density at radius 3 is 2.64 bits per heavy atom. The summed E-state index contributed by atoms with van der Waals surface area (Å²) in [7, 11) is 1.38. The van der Waals surface area contributed by atoms with Gasteiger partial charge in [0.15, 0.2) is 11.6 Å². The summed E-state index contributed by atoms with van der Waals surface area (Å²) in [5.74, 6) is -0.654. The zero-order valence-electron chi connectivity index (χ0n) is 18.6. The van der Waals surface area contributed by atoms with E-state index >= 15 is 4.39 Å². The van der Waals surface area contributed by atoms with Crippen LogP contribution in [0.5, 0.6) is 5.88 Å². The molecule has 8 nitrogen and oxygen atoms in total. The number of nitriles is 1. The number of ether oxygens (including phenoxy) is 1. The van der Waals surface area contributed by atoms with Crippen LogP contribution in [0.3, 0.4) is 0 Å². The summed E-state index contributed by atoms with van der Waals surface area (Å²) in [6, 6.07) is 4.90. The summed E-state index contributed by atoms with van der Waals surface area (Å²) in [5, 5.41) is 16.4. The van der Waals surface area contributed by atoms with E-state index in [2.05, 4.69) is 26.5 Å². The highest BCUT2D eigenvalue weighted by molar-refractivity contribution is 5.90. The fraction of sp³-hybridized carbons (Fsp3) is 0.364. The predicted molar refractivity (Wildman–Crippen MR) is 117 cm³/mol. The van der Waals surface area contributed by atoms with Crippen LogP contribution in [0.25, 0.3) is 27.7 Å². The lowest BCUT2D eigenvalue weighted by atomic mass is 9.96. The number of aryl methyl sites for hydroxylation is 2. The van der Waals surface area contributed by atoms with Crippen LogP contribution in [-0.4, -0.2) is 44.5 Å². The molecule has 0 atom stereocenters. The molecule has 4 rings (SSSR count). The van der Waals surface area contributed by atoms with Crippen LogP contribution in [0.15, 0.2) is 18.3 Å². The third-order valence-corrected chi connectivity index (χ3v) is 5.33. The Morgan fingerprint density at radius 1 is 1.21 bits per heavy atom. The second-order valence-corrected chi connectivity index (χ2v) is 8.26. The van der Waals surface area contributed by atoms with Crippen molar-refractivity contribution in [3.05, 3.63) is 35.8 Å².